The maximum absolute atomic E-state index is 12.5. The van der Waals surface area contributed by atoms with E-state index < -0.39 is 0 Å². The number of nitrogens with zero attached hydrogens (tertiary/aromatic N) is 1. The molecule has 19 heavy (non-hydrogen) atoms. The van der Waals surface area contributed by atoms with Gasteiger partial charge in [-0.3, -0.25) is 4.79 Å². The van der Waals surface area contributed by atoms with Crippen molar-refractivity contribution in [2.24, 2.45) is 5.92 Å². The van der Waals surface area contributed by atoms with Crippen molar-refractivity contribution in [1.82, 2.24) is 4.90 Å². The molecule has 0 bridgehead atoms. The third-order valence-corrected chi connectivity index (χ3v) is 4.11. The first-order chi connectivity index (χ1) is 9.01. The number of amides is 1. The van der Waals surface area contributed by atoms with Crippen LogP contribution in [0.5, 0.6) is 0 Å². The van der Waals surface area contributed by atoms with Crippen LogP contribution in [0.1, 0.15) is 30.4 Å². The molecule has 1 aromatic heterocycles. The normalized spacial score (nSPS) is 11.2. The van der Waals surface area contributed by atoms with Gasteiger partial charge in [0, 0.05) is 23.5 Å². The number of thiophene rings is 1. The highest BCUT2D eigenvalue weighted by atomic mass is 32.1. The molecule has 0 aliphatic carbocycles. The zero-order valence-electron chi connectivity index (χ0n) is 11.6. The fraction of sp³-hybridized carbons (Fsp3) is 0.400. The van der Waals surface area contributed by atoms with E-state index in [4.69, 9.17) is 5.73 Å². The number of hydrogen-bond acceptors (Lipinski definition) is 3. The Labute approximate surface area is 118 Å². The smallest absolute Gasteiger partial charge is 0.263 e. The first kappa shape index (κ1) is 13.9. The lowest BCUT2D eigenvalue weighted by atomic mass is 10.2. The molecule has 0 spiro atoms. The van der Waals surface area contributed by atoms with E-state index in [1.165, 1.54) is 11.3 Å². The number of hydrogen-bond donors (Lipinski definition) is 1. The third kappa shape index (κ3) is 3.07. The van der Waals surface area contributed by atoms with Gasteiger partial charge in [-0.15, -0.1) is 11.3 Å². The standard InChI is InChI=1S/C15H20N2OS/c1-4-17(9-10(2)3)15(18)14-8-11-7-12(16)5-6-13(11)19-14/h5-8,10H,4,9,16H2,1-3H3. The van der Waals surface area contributed by atoms with Gasteiger partial charge in [-0.25, -0.2) is 0 Å². The van der Waals surface area contributed by atoms with Crippen LogP contribution in [0.25, 0.3) is 10.1 Å². The highest BCUT2D eigenvalue weighted by molar-refractivity contribution is 7.20. The Kier molecular flexibility index (Phi) is 4.10. The molecule has 0 unspecified atom stereocenters. The maximum Gasteiger partial charge on any atom is 0.263 e. The fourth-order valence-corrected chi connectivity index (χ4v) is 3.13. The number of nitrogens with two attached hydrogens (primary N) is 1. The Morgan fingerprint density at radius 1 is 1.37 bits per heavy atom. The van der Waals surface area contributed by atoms with Crippen LogP contribution in [-0.2, 0) is 0 Å². The Balaban J connectivity index is 2.29. The first-order valence-electron chi connectivity index (χ1n) is 6.59. The Hall–Kier alpha value is -1.55. The third-order valence-electron chi connectivity index (χ3n) is 3.01. The molecule has 1 aromatic carbocycles. The maximum atomic E-state index is 12.5. The van der Waals surface area contributed by atoms with E-state index in [0.29, 0.717) is 5.92 Å². The molecule has 0 saturated heterocycles. The summed E-state index contributed by atoms with van der Waals surface area (Å²) in [7, 11) is 0. The van der Waals surface area contributed by atoms with Crippen LogP contribution in [0.3, 0.4) is 0 Å². The van der Waals surface area contributed by atoms with Gasteiger partial charge in [0.25, 0.3) is 5.91 Å². The summed E-state index contributed by atoms with van der Waals surface area (Å²) in [5.74, 6) is 0.602. The van der Waals surface area contributed by atoms with Gasteiger partial charge in [-0.2, -0.15) is 0 Å². The van der Waals surface area contributed by atoms with Gasteiger partial charge >= 0.3 is 0 Å². The van der Waals surface area contributed by atoms with Crippen molar-refractivity contribution in [2.75, 3.05) is 18.8 Å². The molecule has 2 N–H and O–H groups in total. The average Bonchev–Trinajstić information content (AvgIpc) is 2.77. The number of carbonyl (C=O) groups excluding carboxylic acids is 1. The number of anilines is 1. The van der Waals surface area contributed by atoms with Crippen molar-refractivity contribution >= 4 is 33.0 Å². The molecule has 1 heterocycles. The van der Waals surface area contributed by atoms with Crippen molar-refractivity contribution in [2.45, 2.75) is 20.8 Å². The molecule has 1 amide bonds. The van der Waals surface area contributed by atoms with Crippen LogP contribution < -0.4 is 5.73 Å². The molecule has 0 atom stereocenters. The second-order valence-electron chi connectivity index (χ2n) is 5.15. The van der Waals surface area contributed by atoms with Crippen LogP contribution >= 0.6 is 11.3 Å². The number of nitrogen functional groups attached to an aromatic ring is 1. The minimum atomic E-state index is 0.121. The van der Waals surface area contributed by atoms with E-state index in [9.17, 15) is 4.79 Å². The average molecular weight is 276 g/mol. The van der Waals surface area contributed by atoms with Gasteiger partial charge in [0.15, 0.2) is 0 Å². The van der Waals surface area contributed by atoms with Gasteiger partial charge in [0.05, 0.1) is 4.88 Å². The van der Waals surface area contributed by atoms with Crippen LogP contribution in [0, 0.1) is 5.92 Å². The Morgan fingerprint density at radius 3 is 2.74 bits per heavy atom. The topological polar surface area (TPSA) is 46.3 Å². The van der Waals surface area contributed by atoms with Crippen molar-refractivity contribution < 1.29 is 4.79 Å². The molecule has 0 radical (unpaired) electrons. The van der Waals surface area contributed by atoms with Crippen molar-refractivity contribution in [3.05, 3.63) is 29.1 Å². The zero-order chi connectivity index (χ0) is 14.0. The number of benzene rings is 1. The molecule has 0 saturated carbocycles. The minimum absolute atomic E-state index is 0.121. The summed E-state index contributed by atoms with van der Waals surface area (Å²) in [5.41, 5.74) is 6.51. The second-order valence-corrected chi connectivity index (χ2v) is 6.23. The summed E-state index contributed by atoms with van der Waals surface area (Å²) < 4.78 is 1.11. The zero-order valence-corrected chi connectivity index (χ0v) is 12.5. The molecule has 2 rings (SSSR count). The van der Waals surface area contributed by atoms with Gasteiger partial charge in [0.2, 0.25) is 0 Å². The van der Waals surface area contributed by atoms with Gasteiger partial charge in [0.1, 0.15) is 0 Å². The van der Waals surface area contributed by atoms with Crippen LogP contribution in [0.2, 0.25) is 0 Å². The summed E-state index contributed by atoms with van der Waals surface area (Å²) in [6, 6.07) is 7.71. The summed E-state index contributed by atoms with van der Waals surface area (Å²) in [6.07, 6.45) is 0. The number of carbonyl (C=O) groups is 1. The molecule has 0 fully saturated rings. The second kappa shape index (κ2) is 5.61. The van der Waals surface area contributed by atoms with E-state index in [1.54, 1.807) is 0 Å². The lowest BCUT2D eigenvalue weighted by molar-refractivity contribution is 0.0751. The summed E-state index contributed by atoms with van der Waals surface area (Å²) >= 11 is 1.54. The van der Waals surface area contributed by atoms with E-state index in [-0.39, 0.29) is 5.91 Å². The molecule has 0 aliphatic heterocycles. The molecule has 102 valence electrons. The molecular formula is C15H20N2OS. The lowest BCUT2D eigenvalue weighted by Crippen LogP contribution is -2.33. The summed E-state index contributed by atoms with van der Waals surface area (Å²) in [6.45, 7) is 7.81. The predicted molar refractivity (Wildman–Crippen MR) is 82.7 cm³/mol. The van der Waals surface area contributed by atoms with E-state index >= 15 is 0 Å². The molecule has 4 heteroatoms. The molecule has 3 nitrogen and oxygen atoms in total. The SMILES string of the molecule is CCN(CC(C)C)C(=O)c1cc2cc(N)ccc2s1. The van der Waals surface area contributed by atoms with Gasteiger partial charge in [-0.1, -0.05) is 13.8 Å². The predicted octanol–water partition coefficient (Wildman–Crippen LogP) is 3.60. The van der Waals surface area contributed by atoms with E-state index in [1.807, 2.05) is 36.1 Å². The fourth-order valence-electron chi connectivity index (χ4n) is 2.12. The monoisotopic (exact) mass is 276 g/mol. The highest BCUT2D eigenvalue weighted by Gasteiger charge is 2.17. The highest BCUT2D eigenvalue weighted by Crippen LogP contribution is 2.28. The van der Waals surface area contributed by atoms with Gasteiger partial charge < -0.3 is 10.6 Å². The lowest BCUT2D eigenvalue weighted by Gasteiger charge is -2.22. The van der Waals surface area contributed by atoms with E-state index in [0.717, 1.165) is 33.7 Å². The minimum Gasteiger partial charge on any atom is -0.399 e. The Bertz CT molecular complexity index is 589. The van der Waals surface area contributed by atoms with E-state index in [2.05, 4.69) is 13.8 Å². The molecular weight excluding hydrogens is 256 g/mol. The molecule has 2 aromatic rings. The van der Waals surface area contributed by atoms with Gasteiger partial charge in [-0.05, 0) is 42.5 Å². The van der Waals surface area contributed by atoms with Crippen LogP contribution in [0.4, 0.5) is 5.69 Å². The summed E-state index contributed by atoms with van der Waals surface area (Å²) in [5, 5.41) is 1.05. The van der Waals surface area contributed by atoms with Crippen molar-refractivity contribution in [1.29, 1.82) is 0 Å². The number of rotatable bonds is 4. The van der Waals surface area contributed by atoms with Crippen LogP contribution in [-0.4, -0.2) is 23.9 Å². The summed E-state index contributed by atoms with van der Waals surface area (Å²) in [4.78, 5) is 15.2. The van der Waals surface area contributed by atoms with Crippen molar-refractivity contribution in [3.8, 4) is 0 Å². The quantitative estimate of drug-likeness (QED) is 0.867. The van der Waals surface area contributed by atoms with Crippen LogP contribution in [0.15, 0.2) is 24.3 Å². The van der Waals surface area contributed by atoms with Crippen molar-refractivity contribution in [3.63, 3.8) is 0 Å². The molecule has 0 aliphatic rings. The largest absolute Gasteiger partial charge is 0.399 e. The first-order valence-corrected chi connectivity index (χ1v) is 7.41. The Morgan fingerprint density at radius 2 is 2.11 bits per heavy atom. The number of fused-ring (bicyclic) bond motifs is 1.